The zero-order valence-corrected chi connectivity index (χ0v) is 22.3. The van der Waals surface area contributed by atoms with E-state index in [-0.39, 0.29) is 33.7 Å². The van der Waals surface area contributed by atoms with Gasteiger partial charge < -0.3 is 10.2 Å². The van der Waals surface area contributed by atoms with Crippen LogP contribution >= 0.6 is 0 Å². The first kappa shape index (κ1) is 24.0. The fraction of sp³-hybridized carbons (Fsp3) is 0.900. The summed E-state index contributed by atoms with van der Waals surface area (Å²) < 4.78 is 0. The van der Waals surface area contributed by atoms with Crippen molar-refractivity contribution in [3.8, 4) is 0 Å². The summed E-state index contributed by atoms with van der Waals surface area (Å²) in [6, 6.07) is 0. The number of hydrogen-bond donors (Lipinski definition) is 2. The maximum atomic E-state index is 13.0. The van der Waals surface area contributed by atoms with E-state index in [0.29, 0.717) is 23.5 Å². The largest absolute Gasteiger partial charge is 0.396 e. The Morgan fingerprint density at radius 2 is 1.64 bits per heavy atom. The van der Waals surface area contributed by atoms with Crippen LogP contribution in [0, 0.1) is 50.2 Å². The molecule has 3 heteroatoms. The number of fused-ring (bicyclic) bond motifs is 7. The summed E-state index contributed by atoms with van der Waals surface area (Å²) in [7, 11) is 0. The zero-order chi connectivity index (χ0) is 24.2. The van der Waals surface area contributed by atoms with Crippen LogP contribution in [0.5, 0.6) is 0 Å². The van der Waals surface area contributed by atoms with Crippen LogP contribution in [0.3, 0.4) is 0 Å². The monoisotopic (exact) mass is 456 g/mol. The number of carbonyl (C=O) groups excluding carboxylic acids is 1. The summed E-state index contributed by atoms with van der Waals surface area (Å²) in [5.41, 5.74) is 1.75. The normalized spacial score (nSPS) is 55.5. The van der Waals surface area contributed by atoms with Gasteiger partial charge in [0.05, 0.1) is 12.7 Å². The molecule has 0 radical (unpaired) electrons. The average Bonchev–Trinajstić information content (AvgIpc) is 2.73. The van der Waals surface area contributed by atoms with Gasteiger partial charge in [-0.3, -0.25) is 4.79 Å². The maximum absolute atomic E-state index is 13.0. The van der Waals surface area contributed by atoms with Gasteiger partial charge in [-0.05, 0) is 90.8 Å². The van der Waals surface area contributed by atoms with E-state index >= 15 is 0 Å². The number of Topliss-reactive ketones (excluding diaryl/α,β-unsaturated/α-hetero) is 1. The fourth-order valence-electron chi connectivity index (χ4n) is 10.4. The second-order valence-corrected chi connectivity index (χ2v) is 14.9. The molecule has 0 heterocycles. The summed E-state index contributed by atoms with van der Waals surface area (Å²) in [5, 5.41) is 21.3. The lowest BCUT2D eigenvalue weighted by atomic mass is 9.33. The van der Waals surface area contributed by atoms with Crippen LogP contribution in [0.25, 0.3) is 0 Å². The third kappa shape index (κ3) is 2.85. The van der Waals surface area contributed by atoms with E-state index in [4.69, 9.17) is 0 Å². The molecule has 5 aliphatic rings. The number of carbonyl (C=O) groups is 1. The molecule has 0 saturated heterocycles. The van der Waals surface area contributed by atoms with Gasteiger partial charge in [-0.25, -0.2) is 0 Å². The van der Waals surface area contributed by atoms with Crippen LogP contribution in [0.2, 0.25) is 0 Å². The summed E-state index contributed by atoms with van der Waals surface area (Å²) in [6.07, 6.45) is 11.6. The third-order valence-corrected chi connectivity index (χ3v) is 13.1. The topological polar surface area (TPSA) is 57.5 Å². The standard InChI is InChI=1S/C30H48O3/c1-25(2)16-20-19-8-9-22-27(4)12-11-23(32)28(5,18-31)21(27)10-13-30(22,7)29(19,6)15-14-26(20,3)17-24(25)33/h8,20-23,31-32H,9-18H2,1-7H3/t20-,21?,22?,23-,26-,27-,28+,29+,30+/m0/s1. The molecule has 33 heavy (non-hydrogen) atoms. The second kappa shape index (κ2) is 6.96. The predicted molar refractivity (Wildman–Crippen MR) is 133 cm³/mol. The van der Waals surface area contributed by atoms with E-state index in [1.807, 2.05) is 0 Å². The average molecular weight is 457 g/mol. The maximum Gasteiger partial charge on any atom is 0.139 e. The number of ketones is 1. The van der Waals surface area contributed by atoms with Crippen molar-refractivity contribution in [2.24, 2.45) is 50.2 Å². The van der Waals surface area contributed by atoms with Gasteiger partial charge in [0.1, 0.15) is 5.78 Å². The first-order valence-electron chi connectivity index (χ1n) is 13.7. The van der Waals surface area contributed by atoms with Crippen molar-refractivity contribution in [3.05, 3.63) is 11.6 Å². The molecule has 2 N–H and O–H groups in total. The van der Waals surface area contributed by atoms with Crippen molar-refractivity contribution in [3.63, 3.8) is 0 Å². The van der Waals surface area contributed by atoms with Crippen molar-refractivity contribution < 1.29 is 15.0 Å². The first-order chi connectivity index (χ1) is 15.2. The van der Waals surface area contributed by atoms with E-state index in [1.165, 1.54) is 12.8 Å². The van der Waals surface area contributed by atoms with E-state index in [9.17, 15) is 15.0 Å². The number of allylic oxidation sites excluding steroid dienone is 2. The molecule has 3 nitrogen and oxygen atoms in total. The van der Waals surface area contributed by atoms with Crippen LogP contribution < -0.4 is 0 Å². The Balaban J connectivity index is 1.58. The number of rotatable bonds is 1. The SMILES string of the molecule is CC1(C)C[C@H]2C3=CCC4[C@@]5(C)CC[C@H](O)[C@](C)(CO)C5CC[C@@]4(C)[C@]3(C)CC[C@@]2(C)CC1=O. The van der Waals surface area contributed by atoms with Crippen LogP contribution in [-0.2, 0) is 4.79 Å². The second-order valence-electron chi connectivity index (χ2n) is 14.9. The highest BCUT2D eigenvalue weighted by Crippen LogP contribution is 2.75. The van der Waals surface area contributed by atoms with Crippen molar-refractivity contribution in [2.75, 3.05) is 6.61 Å². The summed E-state index contributed by atoms with van der Waals surface area (Å²) >= 11 is 0. The van der Waals surface area contributed by atoms with Crippen LogP contribution in [0.15, 0.2) is 11.6 Å². The Hall–Kier alpha value is -0.670. The lowest BCUT2D eigenvalue weighted by Crippen LogP contribution is -2.65. The lowest BCUT2D eigenvalue weighted by Gasteiger charge is -2.71. The molecule has 0 aliphatic heterocycles. The Labute approximate surface area is 201 Å². The molecule has 0 spiro atoms. The van der Waals surface area contributed by atoms with Gasteiger partial charge in [0.2, 0.25) is 0 Å². The van der Waals surface area contributed by atoms with E-state index in [0.717, 1.165) is 44.9 Å². The van der Waals surface area contributed by atoms with Crippen molar-refractivity contribution >= 4 is 5.78 Å². The van der Waals surface area contributed by atoms with Crippen LogP contribution in [0.1, 0.15) is 106 Å². The molecule has 0 amide bonds. The highest BCUT2D eigenvalue weighted by atomic mass is 16.3. The Morgan fingerprint density at radius 1 is 0.939 bits per heavy atom. The minimum atomic E-state index is -0.396. The molecule has 0 aromatic heterocycles. The molecule has 0 bridgehead atoms. The molecule has 5 rings (SSSR count). The summed E-state index contributed by atoms with van der Waals surface area (Å²) in [4.78, 5) is 13.0. The number of aliphatic hydroxyl groups is 2. The van der Waals surface area contributed by atoms with Crippen molar-refractivity contribution in [1.29, 1.82) is 0 Å². The van der Waals surface area contributed by atoms with Crippen molar-refractivity contribution in [2.45, 2.75) is 112 Å². The molecular formula is C30H48O3. The smallest absolute Gasteiger partial charge is 0.139 e. The minimum absolute atomic E-state index is 0.0831. The predicted octanol–water partition coefficient (Wildman–Crippen LogP) is 6.32. The lowest BCUT2D eigenvalue weighted by molar-refractivity contribution is -0.215. The fourth-order valence-corrected chi connectivity index (χ4v) is 10.4. The summed E-state index contributed by atoms with van der Waals surface area (Å²) in [6.45, 7) is 16.6. The Morgan fingerprint density at radius 3 is 2.30 bits per heavy atom. The van der Waals surface area contributed by atoms with Crippen molar-refractivity contribution in [1.82, 2.24) is 0 Å². The molecule has 0 aromatic carbocycles. The number of hydrogen-bond acceptors (Lipinski definition) is 3. The Kier molecular flexibility index (Phi) is 5.07. The van der Waals surface area contributed by atoms with E-state index in [1.54, 1.807) is 5.57 Å². The zero-order valence-electron chi connectivity index (χ0n) is 22.3. The molecule has 0 aromatic rings. The highest BCUT2D eigenvalue weighted by molar-refractivity contribution is 5.86. The van der Waals surface area contributed by atoms with E-state index in [2.05, 4.69) is 54.5 Å². The van der Waals surface area contributed by atoms with Gasteiger partial charge in [-0.2, -0.15) is 0 Å². The molecule has 4 fully saturated rings. The highest BCUT2D eigenvalue weighted by Gasteiger charge is 2.68. The first-order valence-corrected chi connectivity index (χ1v) is 13.7. The summed E-state index contributed by atoms with van der Waals surface area (Å²) in [5.74, 6) is 1.93. The van der Waals surface area contributed by atoms with Gasteiger partial charge in [-0.15, -0.1) is 0 Å². The van der Waals surface area contributed by atoms with E-state index < -0.39 is 11.5 Å². The molecule has 9 atom stereocenters. The third-order valence-electron chi connectivity index (χ3n) is 13.1. The van der Waals surface area contributed by atoms with Gasteiger partial charge in [0.25, 0.3) is 0 Å². The molecule has 4 saturated carbocycles. The van der Waals surface area contributed by atoms with Crippen LogP contribution in [0.4, 0.5) is 0 Å². The molecule has 2 unspecified atom stereocenters. The van der Waals surface area contributed by atoms with Gasteiger partial charge in [0.15, 0.2) is 0 Å². The number of aliphatic hydroxyl groups excluding tert-OH is 2. The van der Waals surface area contributed by atoms with Crippen LogP contribution in [-0.4, -0.2) is 28.7 Å². The van der Waals surface area contributed by atoms with Gasteiger partial charge in [-0.1, -0.05) is 60.1 Å². The Bertz CT molecular complexity index is 889. The molecule has 5 aliphatic carbocycles. The minimum Gasteiger partial charge on any atom is -0.396 e. The molecular weight excluding hydrogens is 408 g/mol. The quantitative estimate of drug-likeness (QED) is 0.454. The van der Waals surface area contributed by atoms with Gasteiger partial charge >= 0.3 is 0 Å². The molecule has 186 valence electrons. The van der Waals surface area contributed by atoms with Gasteiger partial charge in [0, 0.05) is 17.3 Å².